The van der Waals surface area contributed by atoms with E-state index >= 15 is 0 Å². The van der Waals surface area contributed by atoms with E-state index in [2.05, 4.69) is 0 Å². The van der Waals surface area contributed by atoms with E-state index in [4.69, 9.17) is 4.74 Å². The first-order chi connectivity index (χ1) is 14.3. The van der Waals surface area contributed by atoms with Crippen molar-refractivity contribution >= 4 is 17.5 Å². The molecular formula is C22H27N3O6. The van der Waals surface area contributed by atoms with Gasteiger partial charge in [0.25, 0.3) is 11.4 Å². The summed E-state index contributed by atoms with van der Waals surface area (Å²) in [7, 11) is 0. The van der Waals surface area contributed by atoms with Crippen molar-refractivity contribution in [2.75, 3.05) is 6.54 Å². The number of nitro groups is 2. The summed E-state index contributed by atoms with van der Waals surface area (Å²) in [4.78, 5) is 35.0. The summed E-state index contributed by atoms with van der Waals surface area (Å²) in [5.74, 6) is 0.0758. The number of hydrogen-bond donors (Lipinski definition) is 0. The van der Waals surface area contributed by atoms with Gasteiger partial charge in [0.2, 0.25) is 0 Å². The van der Waals surface area contributed by atoms with Crippen molar-refractivity contribution in [3.8, 4) is 0 Å². The molecule has 1 heterocycles. The van der Waals surface area contributed by atoms with Crippen molar-refractivity contribution in [3.63, 3.8) is 0 Å². The summed E-state index contributed by atoms with van der Waals surface area (Å²) >= 11 is 0. The number of cyclic esters (lactones) is 1. The quantitative estimate of drug-likeness (QED) is 0.398. The third-order valence-corrected chi connectivity index (χ3v) is 5.50. The number of hydrogen-bond acceptors (Lipinski definition) is 6. The van der Waals surface area contributed by atoms with Crippen LogP contribution < -0.4 is 0 Å². The normalized spacial score (nSPS) is 17.4. The Hall–Kier alpha value is -3.49. The highest BCUT2D eigenvalue weighted by Crippen LogP contribution is 2.31. The molecule has 1 amide bonds. The molecule has 1 fully saturated rings. The number of carbonyl (C=O) groups is 1. The third-order valence-electron chi connectivity index (χ3n) is 5.50. The fourth-order valence-electron chi connectivity index (χ4n) is 3.63. The van der Waals surface area contributed by atoms with Gasteiger partial charge in [0, 0.05) is 24.3 Å². The van der Waals surface area contributed by atoms with E-state index in [1.807, 2.05) is 19.9 Å². The number of carbonyl (C=O) groups excluding carboxylic acids is 1. The molecular weight excluding hydrogens is 402 g/mol. The standard InChI is InChI=1S/C21H23N3O6.CH4/c1-14(16-5-3-7-18(11-16)23(26)27)9-10-20-13-22(21(25)30-20)15(2)17-6-4-8-19(12-17)24(28)29;/h3-8,11-12,14-15,20H,9-10,13H2,1-2H3;1H4/t14-,15+,20+;/m1./s1. The Morgan fingerprint density at radius 1 is 1.03 bits per heavy atom. The lowest BCUT2D eigenvalue weighted by Crippen LogP contribution is -2.28. The molecule has 2 aromatic rings. The average Bonchev–Trinajstić information content (AvgIpc) is 3.12. The smallest absolute Gasteiger partial charge is 0.410 e. The zero-order valence-corrected chi connectivity index (χ0v) is 16.8. The zero-order chi connectivity index (χ0) is 21.8. The first-order valence-electron chi connectivity index (χ1n) is 9.72. The van der Waals surface area contributed by atoms with Crippen molar-refractivity contribution in [2.24, 2.45) is 0 Å². The maximum atomic E-state index is 12.3. The highest BCUT2D eigenvalue weighted by atomic mass is 16.6. The second-order valence-corrected chi connectivity index (χ2v) is 7.52. The molecule has 0 aliphatic carbocycles. The Kier molecular flexibility index (Phi) is 7.68. The number of benzene rings is 2. The summed E-state index contributed by atoms with van der Waals surface area (Å²) < 4.78 is 5.49. The van der Waals surface area contributed by atoms with E-state index in [0.29, 0.717) is 24.9 Å². The first-order valence-corrected chi connectivity index (χ1v) is 9.72. The average molecular weight is 429 g/mol. The molecule has 1 aliphatic rings. The first kappa shape index (κ1) is 23.8. The molecule has 1 aliphatic heterocycles. The van der Waals surface area contributed by atoms with Crippen LogP contribution in [0.25, 0.3) is 0 Å². The number of non-ortho nitro benzene ring substituents is 2. The fourth-order valence-corrected chi connectivity index (χ4v) is 3.63. The van der Waals surface area contributed by atoms with Crippen LogP contribution in [0.1, 0.15) is 57.2 Å². The van der Waals surface area contributed by atoms with E-state index in [1.165, 1.54) is 18.2 Å². The minimum Gasteiger partial charge on any atom is -0.444 e. The summed E-state index contributed by atoms with van der Waals surface area (Å²) in [6, 6.07) is 12.4. The molecule has 0 spiro atoms. The van der Waals surface area contributed by atoms with Crippen LogP contribution in [0.5, 0.6) is 0 Å². The Morgan fingerprint density at radius 3 is 2.16 bits per heavy atom. The van der Waals surface area contributed by atoms with E-state index in [-0.39, 0.29) is 36.9 Å². The molecule has 0 aromatic heterocycles. The van der Waals surface area contributed by atoms with Crippen molar-refractivity contribution < 1.29 is 19.4 Å². The van der Waals surface area contributed by atoms with Gasteiger partial charge in [-0.05, 0) is 36.8 Å². The highest BCUT2D eigenvalue weighted by molar-refractivity contribution is 5.70. The Bertz CT molecular complexity index is 964. The van der Waals surface area contributed by atoms with Gasteiger partial charge in [0.05, 0.1) is 22.4 Å². The van der Waals surface area contributed by atoms with Crippen LogP contribution in [-0.4, -0.2) is 33.5 Å². The van der Waals surface area contributed by atoms with Gasteiger partial charge in [-0.15, -0.1) is 0 Å². The molecule has 3 atom stereocenters. The predicted molar refractivity (Wildman–Crippen MR) is 116 cm³/mol. The van der Waals surface area contributed by atoms with Crippen molar-refractivity contribution in [1.82, 2.24) is 4.90 Å². The lowest BCUT2D eigenvalue weighted by Gasteiger charge is -2.22. The van der Waals surface area contributed by atoms with Crippen LogP contribution in [0.3, 0.4) is 0 Å². The van der Waals surface area contributed by atoms with Crippen LogP contribution in [0.2, 0.25) is 0 Å². The lowest BCUT2D eigenvalue weighted by atomic mass is 9.94. The molecule has 9 nitrogen and oxygen atoms in total. The number of amides is 1. The van der Waals surface area contributed by atoms with Crippen LogP contribution >= 0.6 is 0 Å². The zero-order valence-electron chi connectivity index (χ0n) is 16.8. The molecule has 166 valence electrons. The molecule has 0 radical (unpaired) electrons. The van der Waals surface area contributed by atoms with Crippen LogP contribution in [-0.2, 0) is 4.74 Å². The predicted octanol–water partition coefficient (Wildman–Crippen LogP) is 5.60. The number of rotatable bonds is 8. The molecule has 3 rings (SSSR count). The minimum atomic E-state index is -0.462. The molecule has 1 saturated heterocycles. The van der Waals surface area contributed by atoms with Crippen LogP contribution in [0.4, 0.5) is 16.2 Å². The topological polar surface area (TPSA) is 116 Å². The lowest BCUT2D eigenvalue weighted by molar-refractivity contribution is -0.385. The van der Waals surface area contributed by atoms with E-state index in [1.54, 1.807) is 29.2 Å². The maximum absolute atomic E-state index is 12.3. The molecule has 2 aromatic carbocycles. The van der Waals surface area contributed by atoms with Gasteiger partial charge >= 0.3 is 6.09 Å². The number of ether oxygens (including phenoxy) is 1. The van der Waals surface area contributed by atoms with Gasteiger partial charge in [-0.3, -0.25) is 25.1 Å². The van der Waals surface area contributed by atoms with Crippen LogP contribution in [0.15, 0.2) is 48.5 Å². The Labute approximate surface area is 180 Å². The molecule has 9 heteroatoms. The Morgan fingerprint density at radius 2 is 1.58 bits per heavy atom. The molecule has 0 bridgehead atoms. The largest absolute Gasteiger partial charge is 0.444 e. The van der Waals surface area contributed by atoms with Gasteiger partial charge in [-0.1, -0.05) is 38.6 Å². The van der Waals surface area contributed by atoms with Gasteiger partial charge < -0.3 is 4.74 Å². The third kappa shape index (κ3) is 5.56. The molecule has 0 saturated carbocycles. The monoisotopic (exact) mass is 429 g/mol. The summed E-state index contributed by atoms with van der Waals surface area (Å²) in [6.45, 7) is 4.19. The van der Waals surface area contributed by atoms with Crippen molar-refractivity contribution in [1.29, 1.82) is 0 Å². The van der Waals surface area contributed by atoms with E-state index in [0.717, 1.165) is 5.56 Å². The van der Waals surface area contributed by atoms with Gasteiger partial charge in [-0.2, -0.15) is 0 Å². The van der Waals surface area contributed by atoms with E-state index < -0.39 is 15.9 Å². The van der Waals surface area contributed by atoms with Gasteiger partial charge in [-0.25, -0.2) is 4.79 Å². The minimum absolute atomic E-state index is 0. The van der Waals surface area contributed by atoms with Gasteiger partial charge in [0.1, 0.15) is 6.10 Å². The highest BCUT2D eigenvalue weighted by Gasteiger charge is 2.35. The maximum Gasteiger partial charge on any atom is 0.410 e. The number of nitrogens with zero attached hydrogens (tertiary/aromatic N) is 3. The summed E-state index contributed by atoms with van der Waals surface area (Å²) in [5.41, 5.74) is 1.58. The molecule has 0 unspecified atom stereocenters. The van der Waals surface area contributed by atoms with E-state index in [9.17, 15) is 25.0 Å². The number of nitro benzene ring substituents is 2. The summed E-state index contributed by atoms with van der Waals surface area (Å²) in [5, 5.41) is 22.0. The van der Waals surface area contributed by atoms with Crippen LogP contribution in [0, 0.1) is 20.2 Å². The van der Waals surface area contributed by atoms with Crippen molar-refractivity contribution in [2.45, 2.75) is 52.2 Å². The van der Waals surface area contributed by atoms with Gasteiger partial charge in [0.15, 0.2) is 0 Å². The second kappa shape index (κ2) is 10.0. The SMILES string of the molecule is C.C[C@H](CC[C@H]1CN([C@@H](C)c2cccc([N+](=O)[O-])c2)C(=O)O1)c1cccc([N+](=O)[O-])c1. The fraction of sp³-hybridized carbons (Fsp3) is 0.409. The van der Waals surface area contributed by atoms with Crippen molar-refractivity contribution in [3.05, 3.63) is 79.9 Å². The summed E-state index contributed by atoms with van der Waals surface area (Å²) in [6.07, 6.45) is 0.591. The molecule has 31 heavy (non-hydrogen) atoms. The molecule has 0 N–H and O–H groups in total. The second-order valence-electron chi connectivity index (χ2n) is 7.52. The Balaban J connectivity index is 0.00000341.